The Balaban J connectivity index is 1.95. The Hall–Kier alpha value is -2.57. The number of fused-ring (bicyclic) bond motifs is 1. The highest BCUT2D eigenvalue weighted by atomic mass is 16.5. The largest absolute Gasteiger partial charge is 0.482 e. The molecule has 0 spiro atoms. The van der Waals surface area contributed by atoms with E-state index in [0.717, 1.165) is 0 Å². The summed E-state index contributed by atoms with van der Waals surface area (Å²) in [6, 6.07) is 4.90. The van der Waals surface area contributed by atoms with Gasteiger partial charge >= 0.3 is 5.97 Å². The van der Waals surface area contributed by atoms with E-state index in [1.54, 1.807) is 18.2 Å². The van der Waals surface area contributed by atoms with Crippen molar-refractivity contribution in [1.82, 2.24) is 0 Å². The molecule has 0 radical (unpaired) electrons. The number of hydrogen-bond donors (Lipinski definition) is 2. The standard InChI is InChI=1S/C13H14N2O5/c1-19-13(18)5-4-11(16)14-8-2-3-9-10(6-8)20-7-12(17)15-9/h2-3,6H,4-5,7H2,1H3,(H,14,16)(H,15,17). The van der Waals surface area contributed by atoms with E-state index < -0.39 is 5.97 Å². The SMILES string of the molecule is COC(=O)CCC(=O)Nc1ccc2c(c1)OCC(=O)N2. The first-order valence-corrected chi connectivity index (χ1v) is 6.02. The van der Waals surface area contributed by atoms with Crippen molar-refractivity contribution >= 4 is 29.2 Å². The van der Waals surface area contributed by atoms with Crippen molar-refractivity contribution in [3.63, 3.8) is 0 Å². The molecule has 0 aliphatic carbocycles. The summed E-state index contributed by atoms with van der Waals surface area (Å²) < 4.78 is 9.69. The van der Waals surface area contributed by atoms with Gasteiger partial charge in [0, 0.05) is 18.2 Å². The summed E-state index contributed by atoms with van der Waals surface area (Å²) in [5.41, 5.74) is 1.10. The van der Waals surface area contributed by atoms with Gasteiger partial charge in [0.15, 0.2) is 6.61 Å². The zero-order valence-corrected chi connectivity index (χ0v) is 10.9. The number of nitrogens with one attached hydrogen (secondary N) is 2. The zero-order valence-electron chi connectivity index (χ0n) is 10.9. The van der Waals surface area contributed by atoms with Gasteiger partial charge in [0.2, 0.25) is 5.91 Å². The van der Waals surface area contributed by atoms with Crippen molar-refractivity contribution in [2.45, 2.75) is 12.8 Å². The van der Waals surface area contributed by atoms with E-state index >= 15 is 0 Å². The van der Waals surface area contributed by atoms with Crippen LogP contribution in [0.5, 0.6) is 5.75 Å². The van der Waals surface area contributed by atoms with Crippen molar-refractivity contribution in [2.24, 2.45) is 0 Å². The van der Waals surface area contributed by atoms with Crippen molar-refractivity contribution in [3.05, 3.63) is 18.2 Å². The van der Waals surface area contributed by atoms with E-state index in [-0.39, 0.29) is 31.3 Å². The summed E-state index contributed by atoms with van der Waals surface area (Å²) in [7, 11) is 1.27. The van der Waals surface area contributed by atoms with Gasteiger partial charge in [0.25, 0.3) is 5.91 Å². The number of methoxy groups -OCH3 is 1. The molecule has 2 N–H and O–H groups in total. The molecule has 0 saturated heterocycles. The van der Waals surface area contributed by atoms with Crippen LogP contribution < -0.4 is 15.4 Å². The molecular weight excluding hydrogens is 264 g/mol. The van der Waals surface area contributed by atoms with Gasteiger partial charge in [-0.3, -0.25) is 14.4 Å². The Morgan fingerprint density at radius 2 is 2.20 bits per heavy atom. The predicted octanol–water partition coefficient (Wildman–Crippen LogP) is 0.909. The number of carbonyl (C=O) groups excluding carboxylic acids is 3. The second-order valence-electron chi connectivity index (χ2n) is 4.17. The van der Waals surface area contributed by atoms with E-state index in [2.05, 4.69) is 15.4 Å². The molecule has 2 rings (SSSR count). The molecule has 1 aromatic rings. The number of hydrogen-bond acceptors (Lipinski definition) is 5. The molecule has 7 nitrogen and oxygen atoms in total. The van der Waals surface area contributed by atoms with Crippen molar-refractivity contribution < 1.29 is 23.9 Å². The van der Waals surface area contributed by atoms with E-state index in [1.807, 2.05) is 0 Å². The predicted molar refractivity (Wildman–Crippen MR) is 70.4 cm³/mol. The lowest BCUT2D eigenvalue weighted by Gasteiger charge is -2.18. The third-order valence-corrected chi connectivity index (χ3v) is 2.68. The number of amides is 2. The van der Waals surface area contributed by atoms with Gasteiger partial charge < -0.3 is 20.1 Å². The molecule has 1 aliphatic rings. The monoisotopic (exact) mass is 278 g/mol. The highest BCUT2D eigenvalue weighted by molar-refractivity contribution is 5.97. The normalized spacial score (nSPS) is 12.8. The molecule has 1 aromatic carbocycles. The fourth-order valence-corrected chi connectivity index (χ4v) is 1.69. The smallest absolute Gasteiger partial charge is 0.306 e. The molecule has 0 saturated carbocycles. The maximum absolute atomic E-state index is 11.6. The highest BCUT2D eigenvalue weighted by Crippen LogP contribution is 2.30. The van der Waals surface area contributed by atoms with Gasteiger partial charge in [-0.05, 0) is 12.1 Å². The topological polar surface area (TPSA) is 93.7 Å². The molecule has 106 valence electrons. The quantitative estimate of drug-likeness (QED) is 0.798. The first kappa shape index (κ1) is 13.9. The number of carbonyl (C=O) groups is 3. The summed E-state index contributed by atoms with van der Waals surface area (Å²) >= 11 is 0. The van der Waals surface area contributed by atoms with Crippen molar-refractivity contribution in [3.8, 4) is 5.75 Å². The second-order valence-corrected chi connectivity index (χ2v) is 4.17. The minimum absolute atomic E-state index is 0.0276. The number of anilines is 2. The zero-order chi connectivity index (χ0) is 14.5. The first-order chi connectivity index (χ1) is 9.58. The highest BCUT2D eigenvalue weighted by Gasteiger charge is 2.16. The number of rotatable bonds is 4. The van der Waals surface area contributed by atoms with Crippen LogP contribution in [0.15, 0.2) is 18.2 Å². The summed E-state index contributed by atoms with van der Waals surface area (Å²) in [6.07, 6.45) is 0.0706. The minimum Gasteiger partial charge on any atom is -0.482 e. The van der Waals surface area contributed by atoms with Gasteiger partial charge in [0.1, 0.15) is 5.75 Å². The maximum atomic E-state index is 11.6. The molecule has 1 aliphatic heterocycles. The first-order valence-electron chi connectivity index (χ1n) is 6.02. The Morgan fingerprint density at radius 1 is 1.40 bits per heavy atom. The lowest BCUT2D eigenvalue weighted by molar-refractivity contribution is -0.141. The Bertz CT molecular complexity index is 556. The molecule has 20 heavy (non-hydrogen) atoms. The molecule has 2 amide bonds. The molecule has 0 atom stereocenters. The lowest BCUT2D eigenvalue weighted by Crippen LogP contribution is -2.25. The van der Waals surface area contributed by atoms with Crippen LogP contribution in [0, 0.1) is 0 Å². The van der Waals surface area contributed by atoms with E-state index in [4.69, 9.17) is 4.74 Å². The molecular formula is C13H14N2O5. The number of benzene rings is 1. The van der Waals surface area contributed by atoms with Crippen LogP contribution >= 0.6 is 0 Å². The van der Waals surface area contributed by atoms with Crippen molar-refractivity contribution in [1.29, 1.82) is 0 Å². The van der Waals surface area contributed by atoms with Gasteiger partial charge in [-0.15, -0.1) is 0 Å². The van der Waals surface area contributed by atoms with Crippen LogP contribution in [0.3, 0.4) is 0 Å². The number of esters is 1. The molecule has 0 aromatic heterocycles. The Morgan fingerprint density at radius 3 is 2.95 bits per heavy atom. The Kier molecular flexibility index (Phi) is 4.19. The molecule has 0 fully saturated rings. The van der Waals surface area contributed by atoms with E-state index in [1.165, 1.54) is 7.11 Å². The number of ether oxygens (including phenoxy) is 2. The van der Waals surface area contributed by atoms with Crippen LogP contribution in [0.1, 0.15) is 12.8 Å². The van der Waals surface area contributed by atoms with Gasteiger partial charge in [-0.25, -0.2) is 0 Å². The molecule has 1 heterocycles. The van der Waals surface area contributed by atoms with Crippen LogP contribution in [-0.4, -0.2) is 31.5 Å². The molecule has 0 bridgehead atoms. The van der Waals surface area contributed by atoms with Gasteiger partial charge in [-0.1, -0.05) is 0 Å². The van der Waals surface area contributed by atoms with E-state index in [9.17, 15) is 14.4 Å². The second kappa shape index (κ2) is 6.05. The van der Waals surface area contributed by atoms with Crippen LogP contribution in [-0.2, 0) is 19.1 Å². The van der Waals surface area contributed by atoms with E-state index in [0.29, 0.717) is 17.1 Å². The minimum atomic E-state index is -0.434. The fraction of sp³-hybridized carbons (Fsp3) is 0.308. The Labute approximate surface area is 115 Å². The maximum Gasteiger partial charge on any atom is 0.306 e. The van der Waals surface area contributed by atoms with Gasteiger partial charge in [0.05, 0.1) is 19.2 Å². The van der Waals surface area contributed by atoms with Crippen LogP contribution in [0.25, 0.3) is 0 Å². The summed E-state index contributed by atoms with van der Waals surface area (Å²) in [4.78, 5) is 33.7. The third-order valence-electron chi connectivity index (χ3n) is 2.68. The molecule has 0 unspecified atom stereocenters. The molecule has 7 heteroatoms. The fourth-order valence-electron chi connectivity index (χ4n) is 1.69. The van der Waals surface area contributed by atoms with Crippen LogP contribution in [0.4, 0.5) is 11.4 Å². The summed E-state index contributed by atoms with van der Waals surface area (Å²) in [5.74, 6) is -0.449. The average molecular weight is 278 g/mol. The van der Waals surface area contributed by atoms with Crippen molar-refractivity contribution in [2.75, 3.05) is 24.4 Å². The lowest BCUT2D eigenvalue weighted by atomic mass is 10.2. The third kappa shape index (κ3) is 3.47. The average Bonchev–Trinajstić information content (AvgIpc) is 2.45. The van der Waals surface area contributed by atoms with Crippen LogP contribution in [0.2, 0.25) is 0 Å². The summed E-state index contributed by atoms with van der Waals surface area (Å²) in [5, 5.41) is 5.29. The summed E-state index contributed by atoms with van der Waals surface area (Å²) in [6.45, 7) is -0.0489. The van der Waals surface area contributed by atoms with Gasteiger partial charge in [-0.2, -0.15) is 0 Å².